The van der Waals surface area contributed by atoms with Gasteiger partial charge in [-0.2, -0.15) is 0 Å². The number of hydrogen-bond acceptors (Lipinski definition) is 7. The number of anilines is 2. The number of alkyl halides is 2. The Morgan fingerprint density at radius 3 is 2.72 bits per heavy atom. The number of nitrogens with one attached hydrogen (secondary N) is 1. The molecule has 184 valence electrons. The summed E-state index contributed by atoms with van der Waals surface area (Å²) in [4.78, 5) is 40.2. The summed E-state index contributed by atoms with van der Waals surface area (Å²) in [6.45, 7) is 0.483. The van der Waals surface area contributed by atoms with Crippen LogP contribution in [0.5, 0.6) is 5.75 Å². The van der Waals surface area contributed by atoms with Crippen molar-refractivity contribution in [3.05, 3.63) is 46.9 Å². The van der Waals surface area contributed by atoms with Crippen LogP contribution < -0.4 is 15.0 Å². The van der Waals surface area contributed by atoms with Gasteiger partial charge in [0.1, 0.15) is 17.3 Å². The van der Waals surface area contributed by atoms with Crippen molar-refractivity contribution in [1.29, 1.82) is 0 Å². The van der Waals surface area contributed by atoms with Crippen LogP contribution in [0.4, 0.5) is 19.7 Å². The third-order valence-electron chi connectivity index (χ3n) is 5.81. The maximum absolute atomic E-state index is 13.5. The number of carbonyl (C=O) groups excluding carboxylic acids is 2. The smallest absolute Gasteiger partial charge is 0.280 e. The Balaban J connectivity index is 1.53. The van der Waals surface area contributed by atoms with Gasteiger partial charge in [0.05, 0.1) is 29.9 Å². The highest BCUT2D eigenvalue weighted by atomic mass is 32.1. The average molecular weight is 510 g/mol. The number of thiazole rings is 1. The van der Waals surface area contributed by atoms with E-state index in [9.17, 15) is 18.4 Å². The number of aromatic nitrogens is 3. The zero-order valence-electron chi connectivity index (χ0n) is 19.3. The summed E-state index contributed by atoms with van der Waals surface area (Å²) in [6.07, 6.45) is 4.58. The fourth-order valence-corrected chi connectivity index (χ4v) is 4.47. The molecule has 5 rings (SSSR count). The van der Waals surface area contributed by atoms with Crippen LogP contribution in [0.25, 0.3) is 11.1 Å². The van der Waals surface area contributed by atoms with E-state index in [-0.39, 0.29) is 28.3 Å². The molecule has 2 aliphatic rings. The van der Waals surface area contributed by atoms with Gasteiger partial charge in [0.25, 0.3) is 12.3 Å². The van der Waals surface area contributed by atoms with Gasteiger partial charge in [-0.25, -0.2) is 18.7 Å². The van der Waals surface area contributed by atoms with Crippen LogP contribution in [0.1, 0.15) is 53.0 Å². The number of amides is 2. The minimum atomic E-state index is -2.82. The van der Waals surface area contributed by atoms with E-state index >= 15 is 0 Å². The van der Waals surface area contributed by atoms with Crippen molar-refractivity contribution in [1.82, 2.24) is 15.0 Å². The van der Waals surface area contributed by atoms with Crippen LogP contribution in [0.2, 0.25) is 0 Å². The fourth-order valence-electron chi connectivity index (χ4n) is 3.79. The number of hydrogen-bond donors (Lipinski definition) is 1. The molecular formula is C25H21F2N5O3S. The first-order valence-electron chi connectivity index (χ1n) is 11.3. The van der Waals surface area contributed by atoms with Crippen LogP contribution >= 0.6 is 11.3 Å². The van der Waals surface area contributed by atoms with E-state index in [4.69, 9.17) is 4.74 Å². The van der Waals surface area contributed by atoms with Gasteiger partial charge < -0.3 is 4.74 Å². The summed E-state index contributed by atoms with van der Waals surface area (Å²) in [5.74, 6) is 6.55. The Morgan fingerprint density at radius 1 is 1.19 bits per heavy atom. The summed E-state index contributed by atoms with van der Waals surface area (Å²) in [7, 11) is 1.38. The number of halogens is 2. The van der Waals surface area contributed by atoms with Gasteiger partial charge in [-0.05, 0) is 31.4 Å². The number of methoxy groups -OCH3 is 1. The second-order valence-electron chi connectivity index (χ2n) is 8.37. The Hall–Kier alpha value is -3.91. The molecule has 1 N–H and O–H groups in total. The Labute approximate surface area is 209 Å². The molecule has 0 spiro atoms. The molecule has 1 aliphatic heterocycles. The first kappa shape index (κ1) is 23.8. The lowest BCUT2D eigenvalue weighted by atomic mass is 10.00. The molecule has 2 amide bonds. The van der Waals surface area contributed by atoms with E-state index in [1.807, 2.05) is 0 Å². The molecule has 0 bridgehead atoms. The van der Waals surface area contributed by atoms with Gasteiger partial charge in [-0.15, -0.1) is 0 Å². The molecule has 4 heterocycles. The summed E-state index contributed by atoms with van der Waals surface area (Å²) in [5.41, 5.74) is 0.157. The van der Waals surface area contributed by atoms with Crippen LogP contribution in [-0.2, 0) is 4.79 Å². The minimum absolute atomic E-state index is 0.0942. The average Bonchev–Trinajstić information content (AvgIpc) is 3.45. The third-order valence-corrected chi connectivity index (χ3v) is 6.64. The Kier molecular flexibility index (Phi) is 6.61. The molecule has 3 aromatic rings. The highest BCUT2D eigenvalue weighted by molar-refractivity contribution is 7.16. The summed E-state index contributed by atoms with van der Waals surface area (Å²) >= 11 is 1.24. The minimum Gasteiger partial charge on any atom is -0.494 e. The van der Waals surface area contributed by atoms with Crippen molar-refractivity contribution >= 4 is 34.1 Å². The molecule has 36 heavy (non-hydrogen) atoms. The third kappa shape index (κ3) is 5.04. The maximum Gasteiger partial charge on any atom is 0.280 e. The van der Waals surface area contributed by atoms with Crippen molar-refractivity contribution in [2.45, 2.75) is 32.1 Å². The first-order valence-corrected chi connectivity index (χ1v) is 12.2. The molecular weight excluding hydrogens is 488 g/mol. The number of nitrogens with zero attached hydrogens (tertiary/aromatic N) is 4. The number of pyridine rings is 2. The van der Waals surface area contributed by atoms with Crippen molar-refractivity contribution in [3.63, 3.8) is 0 Å². The molecule has 1 saturated carbocycles. The predicted octanol–water partition coefficient (Wildman–Crippen LogP) is 4.69. The van der Waals surface area contributed by atoms with Crippen LogP contribution in [0.3, 0.4) is 0 Å². The molecule has 8 nitrogen and oxygen atoms in total. The first-order chi connectivity index (χ1) is 17.4. The number of ether oxygens (including phenoxy) is 1. The maximum atomic E-state index is 13.5. The molecule has 11 heteroatoms. The Bertz CT molecular complexity index is 1390. The Morgan fingerprint density at radius 2 is 2.03 bits per heavy atom. The molecule has 0 radical (unpaired) electrons. The van der Waals surface area contributed by atoms with E-state index in [0.29, 0.717) is 36.3 Å². The van der Waals surface area contributed by atoms with Crippen LogP contribution in [-0.4, -0.2) is 40.4 Å². The second kappa shape index (κ2) is 9.99. The zero-order chi connectivity index (χ0) is 25.2. The SMILES string of the molecule is COc1cnc(C(F)F)cc1-c1cc(N2CCCC2=O)ncc1C(=O)Nc1ncc(C#CC2CC2)s1. The van der Waals surface area contributed by atoms with Crippen molar-refractivity contribution < 1.29 is 23.1 Å². The van der Waals surface area contributed by atoms with Gasteiger partial charge in [0.15, 0.2) is 5.13 Å². The lowest BCUT2D eigenvalue weighted by molar-refractivity contribution is -0.117. The summed E-state index contributed by atoms with van der Waals surface area (Å²) < 4.78 is 32.3. The topological polar surface area (TPSA) is 97.3 Å². The van der Waals surface area contributed by atoms with Gasteiger partial charge in [-0.3, -0.25) is 24.8 Å². The largest absolute Gasteiger partial charge is 0.494 e. The standard InChI is InChI=1S/C25H21F2N5O3S/c1-35-20-13-28-19(23(26)27)9-17(20)16-10-21(32-8-2-3-22(32)33)29-12-18(16)24(34)31-25-30-11-15(36-25)7-6-14-4-5-14/h9-14,23H,2-5,8H2,1H3,(H,30,31,34). The number of carbonyl (C=O) groups is 2. The highest BCUT2D eigenvalue weighted by Gasteiger charge is 2.26. The second-order valence-corrected chi connectivity index (χ2v) is 9.41. The molecule has 0 unspecified atom stereocenters. The van der Waals surface area contributed by atoms with Gasteiger partial charge >= 0.3 is 0 Å². The van der Waals surface area contributed by atoms with Crippen molar-refractivity contribution in [2.24, 2.45) is 5.92 Å². The molecule has 1 aliphatic carbocycles. The van der Waals surface area contributed by atoms with Crippen molar-refractivity contribution in [3.8, 4) is 28.7 Å². The van der Waals surface area contributed by atoms with E-state index in [1.165, 1.54) is 41.8 Å². The lowest BCUT2D eigenvalue weighted by Crippen LogP contribution is -2.25. The molecule has 0 aromatic carbocycles. The van der Waals surface area contributed by atoms with E-state index < -0.39 is 18.0 Å². The lowest BCUT2D eigenvalue weighted by Gasteiger charge is -2.18. The predicted molar refractivity (Wildman–Crippen MR) is 130 cm³/mol. The fraction of sp³-hybridized carbons (Fsp3) is 0.320. The quantitative estimate of drug-likeness (QED) is 0.485. The van der Waals surface area contributed by atoms with Gasteiger partial charge in [-0.1, -0.05) is 23.2 Å². The van der Waals surface area contributed by atoms with Gasteiger partial charge in [0, 0.05) is 36.2 Å². The van der Waals surface area contributed by atoms with Crippen molar-refractivity contribution in [2.75, 3.05) is 23.9 Å². The zero-order valence-corrected chi connectivity index (χ0v) is 20.1. The van der Waals surface area contributed by atoms with Crippen LogP contribution in [0, 0.1) is 17.8 Å². The van der Waals surface area contributed by atoms with E-state index in [0.717, 1.165) is 17.7 Å². The van der Waals surface area contributed by atoms with E-state index in [1.54, 1.807) is 12.3 Å². The molecule has 0 atom stereocenters. The normalized spacial score (nSPS) is 15.1. The number of rotatable bonds is 6. The molecule has 1 saturated heterocycles. The monoisotopic (exact) mass is 509 g/mol. The van der Waals surface area contributed by atoms with Gasteiger partial charge in [0.2, 0.25) is 5.91 Å². The highest BCUT2D eigenvalue weighted by Crippen LogP contribution is 2.37. The summed E-state index contributed by atoms with van der Waals surface area (Å²) in [5, 5.41) is 3.09. The summed E-state index contributed by atoms with van der Waals surface area (Å²) in [6, 6.07) is 2.72. The molecule has 2 fully saturated rings. The van der Waals surface area contributed by atoms with Crippen LogP contribution in [0.15, 0.2) is 30.7 Å². The molecule has 3 aromatic heterocycles. The van der Waals surface area contributed by atoms with E-state index in [2.05, 4.69) is 32.1 Å².